The van der Waals surface area contributed by atoms with Crippen molar-refractivity contribution in [2.45, 2.75) is 49.9 Å². The summed E-state index contributed by atoms with van der Waals surface area (Å²) in [5.41, 5.74) is 1.80. The first-order valence-electron chi connectivity index (χ1n) is 9.99. The summed E-state index contributed by atoms with van der Waals surface area (Å²) in [6.07, 6.45) is 4.62. The molecule has 2 aromatic rings. The van der Waals surface area contributed by atoms with Crippen molar-refractivity contribution >= 4 is 24.0 Å². The summed E-state index contributed by atoms with van der Waals surface area (Å²) in [6.45, 7) is 0.390. The van der Waals surface area contributed by atoms with E-state index in [0.717, 1.165) is 35.8 Å². The molecule has 3 fully saturated rings. The number of ether oxygens (including phenoxy) is 1. The maximum Gasteiger partial charge on any atom is 0.481 e. The molecule has 1 amide bonds. The van der Waals surface area contributed by atoms with E-state index in [1.165, 1.54) is 0 Å². The van der Waals surface area contributed by atoms with Crippen molar-refractivity contribution in [1.29, 1.82) is 0 Å². The Balaban J connectivity index is 1.34. The molecule has 8 heteroatoms. The molecule has 0 radical (unpaired) electrons. The Morgan fingerprint density at radius 3 is 2.82 bits per heavy atom. The number of hydrogen-bond donors (Lipinski definition) is 2. The zero-order chi connectivity index (χ0) is 19.1. The highest BCUT2D eigenvalue weighted by Gasteiger charge is 2.46. The van der Waals surface area contributed by atoms with Crippen LogP contribution < -0.4 is 5.32 Å². The average molecular weight is 385 g/mol. The number of benzene rings is 1. The highest BCUT2D eigenvalue weighted by Crippen LogP contribution is 2.39. The molecule has 148 valence electrons. The molecule has 7 nitrogen and oxygen atoms in total. The number of rotatable bonds is 5. The third-order valence-electron chi connectivity index (χ3n) is 6.01. The van der Waals surface area contributed by atoms with Gasteiger partial charge in [0, 0.05) is 5.39 Å². The molecule has 1 aromatic heterocycles. The molecule has 5 rings (SSSR count). The van der Waals surface area contributed by atoms with Gasteiger partial charge in [0.2, 0.25) is 5.91 Å². The lowest BCUT2D eigenvalue weighted by Gasteiger charge is -2.31. The largest absolute Gasteiger partial charge is 0.481 e. The van der Waals surface area contributed by atoms with E-state index in [1.54, 1.807) is 6.26 Å². The molecule has 3 aliphatic rings. The van der Waals surface area contributed by atoms with Crippen LogP contribution >= 0.6 is 0 Å². The maximum atomic E-state index is 13.0. The Hall–Kier alpha value is -1.87. The van der Waals surface area contributed by atoms with E-state index in [2.05, 4.69) is 5.32 Å². The SMILES string of the molecule is O=C(N[C@@H](Cc1coc2ccccc12)B1OCC(O)CO1)[C@@H]1C[C@H]2CC[C@@H]1O2. The smallest absolute Gasteiger partial charge is 0.464 e. The summed E-state index contributed by atoms with van der Waals surface area (Å²) >= 11 is 0. The highest BCUT2D eigenvalue weighted by atomic mass is 16.6. The van der Waals surface area contributed by atoms with E-state index in [0.29, 0.717) is 6.42 Å². The zero-order valence-electron chi connectivity index (χ0n) is 15.6. The minimum Gasteiger partial charge on any atom is -0.464 e. The van der Waals surface area contributed by atoms with Gasteiger partial charge >= 0.3 is 7.12 Å². The van der Waals surface area contributed by atoms with Gasteiger partial charge in [0.25, 0.3) is 0 Å². The van der Waals surface area contributed by atoms with Gasteiger partial charge < -0.3 is 28.9 Å². The van der Waals surface area contributed by atoms with Gasteiger partial charge in [-0.15, -0.1) is 0 Å². The van der Waals surface area contributed by atoms with Crippen LogP contribution in [0, 0.1) is 5.92 Å². The third-order valence-corrected chi connectivity index (χ3v) is 6.01. The Bertz CT molecular complexity index is 848. The lowest BCUT2D eigenvalue weighted by atomic mass is 9.73. The molecule has 0 spiro atoms. The first-order valence-corrected chi connectivity index (χ1v) is 9.99. The molecule has 2 N–H and O–H groups in total. The lowest BCUT2D eigenvalue weighted by Crippen LogP contribution is -2.56. The van der Waals surface area contributed by atoms with Gasteiger partial charge in [-0.25, -0.2) is 0 Å². The summed E-state index contributed by atoms with van der Waals surface area (Å²) in [5, 5.41) is 13.8. The number of carbonyl (C=O) groups is 1. The second-order valence-corrected chi connectivity index (χ2v) is 7.98. The van der Waals surface area contributed by atoms with Gasteiger partial charge in [0.05, 0.1) is 49.6 Å². The van der Waals surface area contributed by atoms with Gasteiger partial charge in [-0.3, -0.25) is 4.79 Å². The molecule has 4 heterocycles. The molecule has 2 bridgehead atoms. The Morgan fingerprint density at radius 1 is 1.25 bits per heavy atom. The fraction of sp³-hybridized carbons (Fsp3) is 0.550. The summed E-state index contributed by atoms with van der Waals surface area (Å²) < 4.78 is 22.9. The number of fused-ring (bicyclic) bond motifs is 3. The van der Waals surface area contributed by atoms with Crippen molar-refractivity contribution in [3.05, 3.63) is 36.1 Å². The van der Waals surface area contributed by atoms with E-state index in [-0.39, 0.29) is 43.2 Å². The number of hydrogen-bond acceptors (Lipinski definition) is 6. The fourth-order valence-electron chi connectivity index (χ4n) is 4.59. The molecule has 0 aliphatic carbocycles. The van der Waals surface area contributed by atoms with Crippen LogP contribution in [0.4, 0.5) is 0 Å². The third kappa shape index (κ3) is 3.46. The van der Waals surface area contributed by atoms with Gasteiger partial charge in [-0.05, 0) is 37.3 Å². The first kappa shape index (κ1) is 18.2. The van der Waals surface area contributed by atoms with Gasteiger partial charge in [-0.1, -0.05) is 18.2 Å². The standard InChI is InChI=1S/C20H24BNO6/c23-13-10-26-21(27-11-13)19(7-12-9-25-17-4-2-1-3-15(12)17)22-20(24)16-8-14-5-6-18(16)28-14/h1-4,9,13-14,16,18-19,23H,5-8,10-11H2,(H,22,24)/t14-,16-,18+,19+/m1/s1. The number of amides is 1. The summed E-state index contributed by atoms with van der Waals surface area (Å²) in [6, 6.07) is 7.82. The van der Waals surface area contributed by atoms with Crippen molar-refractivity contribution in [3.63, 3.8) is 0 Å². The van der Waals surface area contributed by atoms with Crippen molar-refractivity contribution in [2.75, 3.05) is 13.2 Å². The number of aliphatic hydroxyl groups is 1. The topological polar surface area (TPSA) is 90.2 Å². The quantitative estimate of drug-likeness (QED) is 0.758. The van der Waals surface area contributed by atoms with Crippen LogP contribution in [0.3, 0.4) is 0 Å². The molecular weight excluding hydrogens is 361 g/mol. The number of nitrogens with one attached hydrogen (secondary N) is 1. The number of para-hydroxylation sites is 1. The van der Waals surface area contributed by atoms with Crippen LogP contribution in [-0.4, -0.2) is 55.6 Å². The fourth-order valence-corrected chi connectivity index (χ4v) is 4.59. The second-order valence-electron chi connectivity index (χ2n) is 7.98. The summed E-state index contributed by atoms with van der Waals surface area (Å²) in [5.74, 6) is -0.500. The minimum atomic E-state index is -0.638. The molecule has 0 saturated carbocycles. The molecule has 0 unspecified atom stereocenters. The Morgan fingerprint density at radius 2 is 2.07 bits per heavy atom. The molecule has 4 atom stereocenters. The maximum absolute atomic E-state index is 13.0. The van der Waals surface area contributed by atoms with E-state index in [9.17, 15) is 9.90 Å². The van der Waals surface area contributed by atoms with Crippen molar-refractivity contribution in [3.8, 4) is 0 Å². The highest BCUT2D eigenvalue weighted by molar-refractivity contribution is 6.47. The molecule has 3 saturated heterocycles. The number of carbonyl (C=O) groups excluding carboxylic acids is 1. The first-order chi connectivity index (χ1) is 13.7. The van der Waals surface area contributed by atoms with E-state index >= 15 is 0 Å². The average Bonchev–Trinajstić information content (AvgIpc) is 3.44. The van der Waals surface area contributed by atoms with Gasteiger partial charge in [0.1, 0.15) is 5.58 Å². The normalized spacial score (nSPS) is 28.8. The van der Waals surface area contributed by atoms with Crippen LogP contribution in [0.2, 0.25) is 0 Å². The number of aliphatic hydroxyl groups excluding tert-OH is 1. The molecule has 28 heavy (non-hydrogen) atoms. The van der Waals surface area contributed by atoms with E-state index in [1.807, 2.05) is 24.3 Å². The van der Waals surface area contributed by atoms with Crippen LogP contribution in [0.1, 0.15) is 24.8 Å². The summed E-state index contributed by atoms with van der Waals surface area (Å²) in [4.78, 5) is 13.0. The van der Waals surface area contributed by atoms with Crippen LogP contribution in [0.15, 0.2) is 34.9 Å². The van der Waals surface area contributed by atoms with Crippen LogP contribution in [0.25, 0.3) is 11.0 Å². The summed E-state index contributed by atoms with van der Waals surface area (Å²) in [7, 11) is -0.611. The van der Waals surface area contributed by atoms with Crippen LogP contribution in [-0.2, 0) is 25.3 Å². The van der Waals surface area contributed by atoms with Crippen molar-refractivity contribution in [1.82, 2.24) is 5.32 Å². The Labute approximate surface area is 163 Å². The predicted molar refractivity (Wildman–Crippen MR) is 102 cm³/mol. The Kier molecular flexibility index (Phi) is 4.88. The second kappa shape index (κ2) is 7.52. The van der Waals surface area contributed by atoms with Crippen LogP contribution in [0.5, 0.6) is 0 Å². The van der Waals surface area contributed by atoms with E-state index in [4.69, 9.17) is 18.5 Å². The molecule has 1 aromatic carbocycles. The number of furan rings is 1. The van der Waals surface area contributed by atoms with Crippen molar-refractivity contribution in [2.24, 2.45) is 5.92 Å². The van der Waals surface area contributed by atoms with Crippen molar-refractivity contribution < 1.29 is 28.4 Å². The molecule has 3 aliphatic heterocycles. The van der Waals surface area contributed by atoms with E-state index < -0.39 is 13.2 Å². The minimum absolute atomic E-state index is 0.0108. The predicted octanol–water partition coefficient (Wildman–Crippen LogP) is 1.46. The monoisotopic (exact) mass is 385 g/mol. The lowest BCUT2D eigenvalue weighted by molar-refractivity contribution is -0.127. The zero-order valence-corrected chi connectivity index (χ0v) is 15.6. The van der Waals surface area contributed by atoms with Gasteiger partial charge in [0.15, 0.2) is 0 Å². The van der Waals surface area contributed by atoms with Gasteiger partial charge in [-0.2, -0.15) is 0 Å². The molecular formula is C20H24BNO6.